The predicted molar refractivity (Wildman–Crippen MR) is 71.5 cm³/mol. The standard InChI is InChI=1S/C15H12F3NO2/c1-8-2-4-9(5-3-8)19-14(15(20)21)10-6-12(17)13(18)7-11(10)16/h2-7,14,19H,1H3,(H,20,21). The number of nitrogens with one attached hydrogen (secondary N) is 1. The minimum absolute atomic E-state index is 0.331. The van der Waals surface area contributed by atoms with E-state index in [9.17, 15) is 23.1 Å². The summed E-state index contributed by atoms with van der Waals surface area (Å²) in [6, 6.07) is 6.06. The number of carbonyl (C=O) groups is 1. The molecule has 0 aliphatic heterocycles. The quantitative estimate of drug-likeness (QED) is 0.846. The molecule has 2 aromatic rings. The minimum atomic E-state index is -1.53. The van der Waals surface area contributed by atoms with Crippen molar-refractivity contribution in [2.24, 2.45) is 0 Å². The molecule has 3 nitrogen and oxygen atoms in total. The van der Waals surface area contributed by atoms with E-state index in [0.717, 1.165) is 5.56 Å². The number of hydrogen-bond acceptors (Lipinski definition) is 2. The van der Waals surface area contributed by atoms with Crippen LogP contribution in [0.25, 0.3) is 0 Å². The molecule has 1 atom stereocenters. The lowest BCUT2D eigenvalue weighted by molar-refractivity contribution is -0.138. The zero-order chi connectivity index (χ0) is 15.6. The highest BCUT2D eigenvalue weighted by atomic mass is 19.2. The molecular formula is C15H12F3NO2. The number of rotatable bonds is 4. The molecule has 2 rings (SSSR count). The highest BCUT2D eigenvalue weighted by Gasteiger charge is 2.25. The van der Waals surface area contributed by atoms with E-state index >= 15 is 0 Å². The summed E-state index contributed by atoms with van der Waals surface area (Å²) in [7, 11) is 0. The normalized spacial score (nSPS) is 12.0. The molecule has 0 saturated carbocycles. The van der Waals surface area contributed by atoms with E-state index < -0.39 is 35.0 Å². The van der Waals surface area contributed by atoms with Crippen LogP contribution < -0.4 is 5.32 Å². The van der Waals surface area contributed by atoms with Gasteiger partial charge in [-0.3, -0.25) is 0 Å². The number of benzene rings is 2. The van der Waals surface area contributed by atoms with Crippen molar-refractivity contribution in [2.45, 2.75) is 13.0 Å². The van der Waals surface area contributed by atoms with Gasteiger partial charge in [-0.15, -0.1) is 0 Å². The number of carboxylic acid groups (broad SMARTS) is 1. The second-order valence-electron chi connectivity index (χ2n) is 4.57. The summed E-state index contributed by atoms with van der Waals surface area (Å²) < 4.78 is 39.8. The van der Waals surface area contributed by atoms with Crippen LogP contribution in [0.5, 0.6) is 0 Å². The third-order valence-electron chi connectivity index (χ3n) is 2.96. The van der Waals surface area contributed by atoms with E-state index in [1.165, 1.54) is 0 Å². The molecule has 0 saturated heterocycles. The summed E-state index contributed by atoms with van der Waals surface area (Å²) in [5.74, 6) is -5.19. The van der Waals surface area contributed by atoms with Crippen LogP contribution in [0.1, 0.15) is 17.2 Å². The molecule has 0 heterocycles. The van der Waals surface area contributed by atoms with Crippen molar-refractivity contribution in [3.8, 4) is 0 Å². The van der Waals surface area contributed by atoms with Crippen molar-refractivity contribution < 1.29 is 23.1 Å². The van der Waals surface area contributed by atoms with Gasteiger partial charge in [0.15, 0.2) is 17.7 Å². The lowest BCUT2D eigenvalue weighted by atomic mass is 10.1. The molecule has 0 bridgehead atoms. The lowest BCUT2D eigenvalue weighted by Gasteiger charge is -2.17. The maximum atomic E-state index is 13.7. The fourth-order valence-corrected chi connectivity index (χ4v) is 1.85. The van der Waals surface area contributed by atoms with E-state index in [1.54, 1.807) is 24.3 Å². The van der Waals surface area contributed by atoms with Crippen molar-refractivity contribution in [3.63, 3.8) is 0 Å². The molecule has 2 N–H and O–H groups in total. The number of carboxylic acids is 1. The van der Waals surface area contributed by atoms with E-state index in [-0.39, 0.29) is 0 Å². The lowest BCUT2D eigenvalue weighted by Crippen LogP contribution is -2.22. The Kier molecular flexibility index (Phi) is 4.16. The molecule has 1 unspecified atom stereocenters. The molecule has 110 valence electrons. The van der Waals surface area contributed by atoms with Gasteiger partial charge in [-0.25, -0.2) is 18.0 Å². The van der Waals surface area contributed by atoms with Gasteiger partial charge in [-0.1, -0.05) is 17.7 Å². The summed E-state index contributed by atoms with van der Waals surface area (Å²) in [4.78, 5) is 11.3. The maximum Gasteiger partial charge on any atom is 0.330 e. The summed E-state index contributed by atoms with van der Waals surface area (Å²) in [5.41, 5.74) is 0.922. The molecule has 0 aromatic heterocycles. The fraction of sp³-hybridized carbons (Fsp3) is 0.133. The highest BCUT2D eigenvalue weighted by Crippen LogP contribution is 2.25. The van der Waals surface area contributed by atoms with Crippen LogP contribution in [0, 0.1) is 24.4 Å². The molecule has 21 heavy (non-hydrogen) atoms. The zero-order valence-electron chi connectivity index (χ0n) is 11.0. The predicted octanol–water partition coefficient (Wildman–Crippen LogP) is 3.65. The minimum Gasteiger partial charge on any atom is -0.479 e. The Hall–Kier alpha value is -2.50. The zero-order valence-corrected chi connectivity index (χ0v) is 11.0. The number of halogens is 3. The number of hydrogen-bond donors (Lipinski definition) is 2. The summed E-state index contributed by atoms with van der Waals surface area (Å²) in [5, 5.41) is 11.8. The monoisotopic (exact) mass is 295 g/mol. The van der Waals surface area contributed by atoms with Gasteiger partial charge in [0.2, 0.25) is 0 Å². The Bertz CT molecular complexity index is 671. The van der Waals surface area contributed by atoms with Gasteiger partial charge in [0.05, 0.1) is 0 Å². The van der Waals surface area contributed by atoms with Gasteiger partial charge >= 0.3 is 5.97 Å². The topological polar surface area (TPSA) is 49.3 Å². The molecule has 0 fully saturated rings. The van der Waals surface area contributed by atoms with Gasteiger partial charge in [-0.05, 0) is 25.1 Å². The van der Waals surface area contributed by atoms with Crippen LogP contribution in [-0.4, -0.2) is 11.1 Å². The summed E-state index contributed by atoms with van der Waals surface area (Å²) in [6.45, 7) is 1.85. The average Bonchev–Trinajstić information content (AvgIpc) is 2.42. The first kappa shape index (κ1) is 14.9. The van der Waals surface area contributed by atoms with Gasteiger partial charge in [0.1, 0.15) is 5.82 Å². The molecule has 2 aromatic carbocycles. The average molecular weight is 295 g/mol. The first-order chi connectivity index (χ1) is 9.88. The van der Waals surface area contributed by atoms with E-state index in [4.69, 9.17) is 0 Å². The second kappa shape index (κ2) is 5.87. The number of aryl methyl sites for hydroxylation is 1. The van der Waals surface area contributed by atoms with E-state index in [2.05, 4.69) is 5.32 Å². The van der Waals surface area contributed by atoms with Crippen LogP contribution >= 0.6 is 0 Å². The molecule has 0 aliphatic rings. The smallest absolute Gasteiger partial charge is 0.330 e. The largest absolute Gasteiger partial charge is 0.479 e. The second-order valence-corrected chi connectivity index (χ2v) is 4.57. The van der Waals surface area contributed by atoms with Crippen molar-refractivity contribution in [2.75, 3.05) is 5.32 Å². The number of anilines is 1. The maximum absolute atomic E-state index is 13.7. The Labute approximate surface area is 119 Å². The molecule has 0 radical (unpaired) electrons. The van der Waals surface area contributed by atoms with Crippen LogP contribution in [0.15, 0.2) is 36.4 Å². The Morgan fingerprint density at radius 1 is 1.05 bits per heavy atom. The van der Waals surface area contributed by atoms with Crippen molar-refractivity contribution >= 4 is 11.7 Å². The van der Waals surface area contributed by atoms with Gasteiger partial charge < -0.3 is 10.4 Å². The molecule has 0 amide bonds. The molecular weight excluding hydrogens is 283 g/mol. The third kappa shape index (κ3) is 3.34. The Morgan fingerprint density at radius 3 is 2.19 bits per heavy atom. The third-order valence-corrected chi connectivity index (χ3v) is 2.96. The van der Waals surface area contributed by atoms with Crippen LogP contribution in [0.2, 0.25) is 0 Å². The van der Waals surface area contributed by atoms with Crippen LogP contribution in [0.4, 0.5) is 18.9 Å². The fourth-order valence-electron chi connectivity index (χ4n) is 1.85. The Balaban J connectivity index is 2.38. The first-order valence-corrected chi connectivity index (χ1v) is 6.09. The van der Waals surface area contributed by atoms with Crippen molar-refractivity contribution in [1.29, 1.82) is 0 Å². The molecule has 6 heteroatoms. The SMILES string of the molecule is Cc1ccc(NC(C(=O)O)c2cc(F)c(F)cc2F)cc1. The Morgan fingerprint density at radius 2 is 1.62 bits per heavy atom. The molecule has 0 aliphatic carbocycles. The van der Waals surface area contributed by atoms with Gasteiger partial charge in [-0.2, -0.15) is 0 Å². The van der Waals surface area contributed by atoms with Crippen molar-refractivity contribution in [1.82, 2.24) is 0 Å². The van der Waals surface area contributed by atoms with Crippen LogP contribution in [-0.2, 0) is 4.79 Å². The van der Waals surface area contributed by atoms with Crippen LogP contribution in [0.3, 0.4) is 0 Å². The summed E-state index contributed by atoms with van der Waals surface area (Å²) in [6.07, 6.45) is 0. The van der Waals surface area contributed by atoms with E-state index in [0.29, 0.717) is 17.8 Å². The van der Waals surface area contributed by atoms with Gasteiger partial charge in [0.25, 0.3) is 0 Å². The number of aliphatic carboxylic acids is 1. The first-order valence-electron chi connectivity index (χ1n) is 6.09. The molecule has 0 spiro atoms. The van der Waals surface area contributed by atoms with Gasteiger partial charge in [0, 0.05) is 17.3 Å². The van der Waals surface area contributed by atoms with E-state index in [1.807, 2.05) is 6.92 Å². The van der Waals surface area contributed by atoms with Crippen molar-refractivity contribution in [3.05, 3.63) is 65.0 Å². The highest BCUT2D eigenvalue weighted by molar-refractivity contribution is 5.79. The summed E-state index contributed by atoms with van der Waals surface area (Å²) >= 11 is 0.